The summed E-state index contributed by atoms with van der Waals surface area (Å²) in [5, 5.41) is 5.44. The number of piperazine rings is 1. The quantitative estimate of drug-likeness (QED) is 0.747. The number of hydrogen-bond acceptors (Lipinski definition) is 4. The molecule has 0 aromatic rings. The third-order valence-electron chi connectivity index (χ3n) is 4.39. The fourth-order valence-electron chi connectivity index (χ4n) is 2.80. The van der Waals surface area contributed by atoms with E-state index in [1.54, 1.807) is 0 Å². The molecule has 2 N–H and O–H groups in total. The van der Waals surface area contributed by atoms with Crippen LogP contribution in [0.1, 0.15) is 26.2 Å². The van der Waals surface area contributed by atoms with Crippen molar-refractivity contribution in [3.8, 4) is 0 Å². The largest absolute Gasteiger partial charge is 0.316 e. The van der Waals surface area contributed by atoms with Gasteiger partial charge in [-0.15, -0.1) is 0 Å². The van der Waals surface area contributed by atoms with Gasteiger partial charge in [0, 0.05) is 32.7 Å². The first-order chi connectivity index (χ1) is 8.66. The number of carbonyl (C=O) groups excluding carboxylic acids is 1. The van der Waals surface area contributed by atoms with Gasteiger partial charge in [-0.05, 0) is 32.9 Å². The van der Waals surface area contributed by atoms with Crippen molar-refractivity contribution in [2.24, 2.45) is 5.41 Å². The van der Waals surface area contributed by atoms with Crippen molar-refractivity contribution in [3.63, 3.8) is 0 Å². The van der Waals surface area contributed by atoms with E-state index in [4.69, 9.17) is 0 Å². The lowest BCUT2D eigenvalue weighted by atomic mass is 9.77. The highest BCUT2D eigenvalue weighted by molar-refractivity contribution is 5.82. The molecule has 0 aliphatic carbocycles. The Kier molecular flexibility index (Phi) is 4.59. The Labute approximate surface area is 110 Å². The van der Waals surface area contributed by atoms with Crippen molar-refractivity contribution in [1.29, 1.82) is 0 Å². The molecule has 2 fully saturated rings. The highest BCUT2D eigenvalue weighted by atomic mass is 16.2. The first-order valence-corrected chi connectivity index (χ1v) is 7.11. The average molecular weight is 254 g/mol. The van der Waals surface area contributed by atoms with Gasteiger partial charge in [0.2, 0.25) is 5.91 Å². The topological polar surface area (TPSA) is 47.6 Å². The monoisotopic (exact) mass is 254 g/mol. The van der Waals surface area contributed by atoms with Gasteiger partial charge in [-0.3, -0.25) is 10.2 Å². The summed E-state index contributed by atoms with van der Waals surface area (Å²) in [5.74, 6) is 0.210. The maximum Gasteiger partial charge on any atom is 0.241 e. The Bertz CT molecular complexity index is 281. The molecule has 2 aliphatic rings. The number of hydrogen-bond donors (Lipinski definition) is 2. The molecule has 1 atom stereocenters. The molecule has 1 unspecified atom stereocenters. The number of nitrogens with one attached hydrogen (secondary N) is 2. The molecule has 104 valence electrons. The zero-order valence-corrected chi connectivity index (χ0v) is 11.7. The molecule has 2 aliphatic heterocycles. The van der Waals surface area contributed by atoms with E-state index < -0.39 is 0 Å². The molecule has 1 amide bonds. The Balaban J connectivity index is 1.89. The van der Waals surface area contributed by atoms with Gasteiger partial charge >= 0.3 is 0 Å². The van der Waals surface area contributed by atoms with Crippen LogP contribution in [0.2, 0.25) is 0 Å². The Morgan fingerprint density at radius 1 is 1.33 bits per heavy atom. The number of piperidine rings is 1. The normalized spacial score (nSPS) is 31.2. The summed E-state index contributed by atoms with van der Waals surface area (Å²) < 4.78 is 0. The van der Waals surface area contributed by atoms with Crippen molar-refractivity contribution in [2.45, 2.75) is 26.2 Å². The van der Waals surface area contributed by atoms with Gasteiger partial charge in [-0.2, -0.15) is 0 Å². The van der Waals surface area contributed by atoms with Gasteiger partial charge < -0.3 is 10.2 Å². The van der Waals surface area contributed by atoms with Crippen molar-refractivity contribution < 1.29 is 4.79 Å². The summed E-state index contributed by atoms with van der Waals surface area (Å²) in [5.41, 5.74) is 2.94. The van der Waals surface area contributed by atoms with Crippen molar-refractivity contribution >= 4 is 5.91 Å². The molecule has 0 radical (unpaired) electrons. The molecule has 2 saturated heterocycles. The summed E-state index contributed by atoms with van der Waals surface area (Å²) in [6.07, 6.45) is 3.03. The number of rotatable bonds is 3. The van der Waals surface area contributed by atoms with Crippen LogP contribution in [0.5, 0.6) is 0 Å². The lowest BCUT2D eigenvalue weighted by molar-refractivity contribution is -0.138. The van der Waals surface area contributed by atoms with Crippen LogP contribution in [-0.4, -0.2) is 62.1 Å². The van der Waals surface area contributed by atoms with Gasteiger partial charge in [0.15, 0.2) is 0 Å². The second kappa shape index (κ2) is 5.99. The second-order valence-electron chi connectivity index (χ2n) is 5.65. The number of likely N-dealkylation sites (N-methyl/N-ethyl adjacent to an activating group) is 1. The van der Waals surface area contributed by atoms with Gasteiger partial charge in [0.1, 0.15) is 0 Å². The zero-order chi connectivity index (χ0) is 13.0. The standard InChI is InChI=1S/C13H26N4O/c1-3-13(5-4-6-14-11-13)12(18)15-17-9-7-16(2)8-10-17/h14H,3-11H2,1-2H3,(H,15,18). The minimum Gasteiger partial charge on any atom is -0.316 e. The van der Waals surface area contributed by atoms with Crippen LogP contribution in [0.4, 0.5) is 0 Å². The van der Waals surface area contributed by atoms with E-state index >= 15 is 0 Å². The van der Waals surface area contributed by atoms with Crippen LogP contribution in [0, 0.1) is 5.41 Å². The molecule has 5 heteroatoms. The molecular weight excluding hydrogens is 228 g/mol. The molecule has 0 spiro atoms. The Morgan fingerprint density at radius 3 is 2.61 bits per heavy atom. The Hall–Kier alpha value is -0.650. The molecule has 2 heterocycles. The van der Waals surface area contributed by atoms with Crippen LogP contribution in [0.15, 0.2) is 0 Å². The summed E-state index contributed by atoms with van der Waals surface area (Å²) in [4.78, 5) is 14.8. The van der Waals surface area contributed by atoms with E-state index in [0.717, 1.165) is 58.5 Å². The summed E-state index contributed by atoms with van der Waals surface area (Å²) in [7, 11) is 2.12. The minimum atomic E-state index is -0.193. The lowest BCUT2D eigenvalue weighted by Crippen LogP contribution is -2.58. The highest BCUT2D eigenvalue weighted by Gasteiger charge is 2.38. The molecule has 0 bridgehead atoms. The number of nitrogens with zero attached hydrogens (tertiary/aromatic N) is 2. The van der Waals surface area contributed by atoms with Crippen molar-refractivity contribution in [1.82, 2.24) is 20.7 Å². The first kappa shape index (κ1) is 13.8. The summed E-state index contributed by atoms with van der Waals surface area (Å²) in [6.45, 7) is 7.89. The van der Waals surface area contributed by atoms with Gasteiger partial charge in [0.25, 0.3) is 0 Å². The third kappa shape index (κ3) is 3.02. The maximum absolute atomic E-state index is 12.5. The SMILES string of the molecule is CCC1(C(=O)NN2CCN(C)CC2)CCCNC1. The van der Waals surface area contributed by atoms with E-state index in [2.05, 4.69) is 34.6 Å². The molecule has 0 saturated carbocycles. The number of hydrazine groups is 1. The highest BCUT2D eigenvalue weighted by Crippen LogP contribution is 2.30. The fraction of sp³-hybridized carbons (Fsp3) is 0.923. The Morgan fingerprint density at radius 2 is 2.06 bits per heavy atom. The predicted molar refractivity (Wildman–Crippen MR) is 72.0 cm³/mol. The average Bonchev–Trinajstić information content (AvgIpc) is 2.42. The summed E-state index contributed by atoms with van der Waals surface area (Å²) in [6, 6.07) is 0. The van der Waals surface area contributed by atoms with Crippen LogP contribution in [0.25, 0.3) is 0 Å². The fourth-order valence-corrected chi connectivity index (χ4v) is 2.80. The maximum atomic E-state index is 12.5. The summed E-state index contributed by atoms with van der Waals surface area (Å²) >= 11 is 0. The van der Waals surface area contributed by atoms with E-state index in [1.165, 1.54) is 0 Å². The number of amides is 1. The van der Waals surface area contributed by atoms with Crippen LogP contribution in [-0.2, 0) is 4.79 Å². The molecule has 0 aromatic carbocycles. The number of carbonyl (C=O) groups is 1. The molecule has 0 aromatic heterocycles. The van der Waals surface area contributed by atoms with Gasteiger partial charge in [0.05, 0.1) is 5.41 Å². The lowest BCUT2D eigenvalue weighted by Gasteiger charge is -2.39. The van der Waals surface area contributed by atoms with E-state index in [-0.39, 0.29) is 11.3 Å². The molecule has 2 rings (SSSR count). The van der Waals surface area contributed by atoms with Gasteiger partial charge in [-0.25, -0.2) is 5.01 Å². The van der Waals surface area contributed by atoms with Crippen molar-refractivity contribution in [3.05, 3.63) is 0 Å². The minimum absolute atomic E-state index is 0.193. The zero-order valence-electron chi connectivity index (χ0n) is 11.7. The first-order valence-electron chi connectivity index (χ1n) is 7.11. The van der Waals surface area contributed by atoms with Crippen LogP contribution >= 0.6 is 0 Å². The predicted octanol–water partition coefficient (Wildman–Crippen LogP) is 0.0448. The van der Waals surface area contributed by atoms with Gasteiger partial charge in [-0.1, -0.05) is 6.92 Å². The van der Waals surface area contributed by atoms with Crippen molar-refractivity contribution in [2.75, 3.05) is 46.3 Å². The second-order valence-corrected chi connectivity index (χ2v) is 5.65. The van der Waals surface area contributed by atoms with Crippen LogP contribution in [0.3, 0.4) is 0 Å². The van der Waals surface area contributed by atoms with Crippen LogP contribution < -0.4 is 10.7 Å². The smallest absolute Gasteiger partial charge is 0.241 e. The van der Waals surface area contributed by atoms with E-state index in [0.29, 0.717) is 0 Å². The molecule has 18 heavy (non-hydrogen) atoms. The third-order valence-corrected chi connectivity index (χ3v) is 4.39. The van der Waals surface area contributed by atoms with E-state index in [1.807, 2.05) is 0 Å². The van der Waals surface area contributed by atoms with E-state index in [9.17, 15) is 4.79 Å². The molecule has 5 nitrogen and oxygen atoms in total. The molecular formula is C13H26N4O.